The summed E-state index contributed by atoms with van der Waals surface area (Å²) in [6.45, 7) is 0.625. The highest BCUT2D eigenvalue weighted by molar-refractivity contribution is 6.06. The second-order valence-corrected chi connectivity index (χ2v) is 4.15. The fraction of sp³-hybridized carbons (Fsp3) is 0.364. The molecule has 1 aromatic rings. The van der Waals surface area contributed by atoms with E-state index in [0.717, 1.165) is 6.07 Å². The summed E-state index contributed by atoms with van der Waals surface area (Å²) in [7, 11) is 0. The van der Waals surface area contributed by atoms with Crippen molar-refractivity contribution in [2.24, 2.45) is 0 Å². The molecule has 5 heteroatoms. The maximum absolute atomic E-state index is 13.5. The largest absolute Gasteiger partial charge is 0.380 e. The van der Waals surface area contributed by atoms with Crippen molar-refractivity contribution in [3.63, 3.8) is 0 Å². The average Bonchev–Trinajstić information content (AvgIpc) is 2.79. The summed E-state index contributed by atoms with van der Waals surface area (Å²) in [5.74, 6) is -1.70. The van der Waals surface area contributed by atoms with Crippen LogP contribution in [-0.4, -0.2) is 19.1 Å². The number of halogens is 2. The summed E-state index contributed by atoms with van der Waals surface area (Å²) >= 11 is 0. The highest BCUT2D eigenvalue weighted by atomic mass is 19.1. The number of carbonyl (C=O) groups excluding carboxylic acids is 1. The van der Waals surface area contributed by atoms with Gasteiger partial charge in [0, 0.05) is 12.7 Å². The number of hydrogen-bond donors (Lipinski definition) is 1. The molecule has 1 amide bonds. The fourth-order valence-corrected chi connectivity index (χ4v) is 2.39. The number of carbonyl (C=O) groups is 1. The summed E-state index contributed by atoms with van der Waals surface area (Å²) in [6, 6.07) is 1.99. The average molecular weight is 225 g/mol. The molecule has 84 valence electrons. The first kappa shape index (κ1) is 9.72. The van der Waals surface area contributed by atoms with E-state index in [1.54, 1.807) is 0 Å². The lowest BCUT2D eigenvalue weighted by atomic mass is 9.81. The highest BCUT2D eigenvalue weighted by Gasteiger charge is 2.50. The number of anilines is 1. The maximum atomic E-state index is 13.5. The molecule has 0 radical (unpaired) electrons. The van der Waals surface area contributed by atoms with Crippen LogP contribution in [0.25, 0.3) is 0 Å². The van der Waals surface area contributed by atoms with Crippen molar-refractivity contribution in [2.75, 3.05) is 18.5 Å². The summed E-state index contributed by atoms with van der Waals surface area (Å²) in [6.07, 6.45) is 0.467. The molecule has 1 spiro atoms. The number of hydrogen-bond acceptors (Lipinski definition) is 2. The second-order valence-electron chi connectivity index (χ2n) is 4.15. The normalized spacial score (nSPS) is 27.2. The molecule has 1 aromatic carbocycles. The van der Waals surface area contributed by atoms with E-state index in [1.165, 1.54) is 6.07 Å². The Morgan fingerprint density at radius 1 is 1.38 bits per heavy atom. The molecule has 1 saturated heterocycles. The molecule has 1 fully saturated rings. The number of nitrogens with one attached hydrogen (secondary N) is 1. The van der Waals surface area contributed by atoms with Gasteiger partial charge in [-0.25, -0.2) is 8.78 Å². The summed E-state index contributed by atoms with van der Waals surface area (Å²) in [5, 5.41) is 2.47. The Labute approximate surface area is 90.4 Å². The number of ether oxygens (including phenoxy) is 1. The molecule has 3 rings (SSSR count). The van der Waals surface area contributed by atoms with Gasteiger partial charge in [-0.3, -0.25) is 4.79 Å². The van der Waals surface area contributed by atoms with Gasteiger partial charge in [0.1, 0.15) is 17.0 Å². The van der Waals surface area contributed by atoms with E-state index in [9.17, 15) is 13.6 Å². The van der Waals surface area contributed by atoms with E-state index in [4.69, 9.17) is 4.74 Å². The molecule has 3 nitrogen and oxygen atoms in total. The highest BCUT2D eigenvalue weighted by Crippen LogP contribution is 2.44. The molecule has 1 N–H and O–H groups in total. The molecule has 0 saturated carbocycles. The SMILES string of the molecule is O=C1Nc2c(F)cc(F)cc2C12CCOC2. The van der Waals surface area contributed by atoms with Crippen molar-refractivity contribution in [1.29, 1.82) is 0 Å². The topological polar surface area (TPSA) is 38.3 Å². The van der Waals surface area contributed by atoms with Crippen LogP contribution in [0, 0.1) is 11.6 Å². The number of rotatable bonds is 0. The van der Waals surface area contributed by atoms with Gasteiger partial charge in [-0.15, -0.1) is 0 Å². The van der Waals surface area contributed by atoms with Crippen molar-refractivity contribution in [2.45, 2.75) is 11.8 Å². The predicted octanol–water partition coefficient (Wildman–Crippen LogP) is 1.57. The monoisotopic (exact) mass is 225 g/mol. The Balaban J connectivity index is 2.24. The van der Waals surface area contributed by atoms with E-state index >= 15 is 0 Å². The molecule has 0 aliphatic carbocycles. The van der Waals surface area contributed by atoms with E-state index in [0.29, 0.717) is 18.6 Å². The zero-order valence-corrected chi connectivity index (χ0v) is 8.35. The van der Waals surface area contributed by atoms with Crippen LogP contribution in [0.1, 0.15) is 12.0 Å². The molecule has 2 heterocycles. The van der Waals surface area contributed by atoms with Gasteiger partial charge in [0.15, 0.2) is 0 Å². The second kappa shape index (κ2) is 3.01. The van der Waals surface area contributed by atoms with Crippen LogP contribution < -0.4 is 5.32 Å². The molecule has 16 heavy (non-hydrogen) atoms. The van der Waals surface area contributed by atoms with Crippen LogP contribution in [0.4, 0.5) is 14.5 Å². The first-order valence-electron chi connectivity index (χ1n) is 5.02. The molecular weight excluding hydrogens is 216 g/mol. The van der Waals surface area contributed by atoms with Crippen LogP contribution in [0.2, 0.25) is 0 Å². The van der Waals surface area contributed by atoms with E-state index in [-0.39, 0.29) is 18.2 Å². The van der Waals surface area contributed by atoms with Crippen LogP contribution in [0.3, 0.4) is 0 Å². The Morgan fingerprint density at radius 2 is 2.19 bits per heavy atom. The van der Waals surface area contributed by atoms with E-state index in [1.807, 2.05) is 0 Å². The third-order valence-corrected chi connectivity index (χ3v) is 3.27. The van der Waals surface area contributed by atoms with Crippen molar-refractivity contribution >= 4 is 11.6 Å². The maximum Gasteiger partial charge on any atom is 0.237 e. The predicted molar refractivity (Wildman–Crippen MR) is 52.1 cm³/mol. The van der Waals surface area contributed by atoms with Gasteiger partial charge in [0.2, 0.25) is 5.91 Å². The number of fused-ring (bicyclic) bond motifs is 2. The summed E-state index contributed by atoms with van der Waals surface area (Å²) in [5.41, 5.74) is -0.414. The summed E-state index contributed by atoms with van der Waals surface area (Å²) < 4.78 is 31.8. The van der Waals surface area contributed by atoms with Crippen molar-refractivity contribution < 1.29 is 18.3 Å². The number of benzene rings is 1. The van der Waals surface area contributed by atoms with Crippen LogP contribution in [0.15, 0.2) is 12.1 Å². The van der Waals surface area contributed by atoms with E-state index in [2.05, 4.69) is 5.32 Å². The minimum absolute atomic E-state index is 0.0944. The smallest absolute Gasteiger partial charge is 0.237 e. The van der Waals surface area contributed by atoms with Crippen molar-refractivity contribution in [1.82, 2.24) is 0 Å². The fourth-order valence-electron chi connectivity index (χ4n) is 2.39. The standard InChI is InChI=1S/C11H9F2NO2/c12-6-3-7-9(8(13)4-6)14-10(15)11(7)1-2-16-5-11/h3-4H,1-2,5H2,(H,14,15). The zero-order chi connectivity index (χ0) is 11.3. The first-order chi connectivity index (χ1) is 7.63. The molecule has 2 aliphatic rings. The molecule has 0 bridgehead atoms. The van der Waals surface area contributed by atoms with Crippen molar-refractivity contribution in [3.05, 3.63) is 29.3 Å². The lowest BCUT2D eigenvalue weighted by Gasteiger charge is -2.18. The molecular formula is C11H9F2NO2. The van der Waals surface area contributed by atoms with Gasteiger partial charge in [-0.05, 0) is 18.1 Å². The Morgan fingerprint density at radius 3 is 2.88 bits per heavy atom. The third kappa shape index (κ3) is 1.06. The molecule has 1 unspecified atom stereocenters. The molecule has 2 aliphatic heterocycles. The Hall–Kier alpha value is -1.49. The molecule has 1 atom stereocenters. The van der Waals surface area contributed by atoms with Gasteiger partial charge in [0.25, 0.3) is 0 Å². The Bertz CT molecular complexity index is 481. The van der Waals surface area contributed by atoms with Gasteiger partial charge < -0.3 is 10.1 Å². The van der Waals surface area contributed by atoms with Gasteiger partial charge in [-0.2, -0.15) is 0 Å². The third-order valence-electron chi connectivity index (χ3n) is 3.27. The first-order valence-corrected chi connectivity index (χ1v) is 5.02. The lowest BCUT2D eigenvalue weighted by Crippen LogP contribution is -2.34. The Kier molecular flexibility index (Phi) is 1.83. The molecule has 0 aromatic heterocycles. The van der Waals surface area contributed by atoms with Gasteiger partial charge in [0.05, 0.1) is 12.3 Å². The minimum atomic E-state index is -0.891. The van der Waals surface area contributed by atoms with Gasteiger partial charge >= 0.3 is 0 Å². The number of amides is 1. The minimum Gasteiger partial charge on any atom is -0.380 e. The van der Waals surface area contributed by atoms with Crippen LogP contribution >= 0.6 is 0 Å². The van der Waals surface area contributed by atoms with Crippen LogP contribution in [0.5, 0.6) is 0 Å². The van der Waals surface area contributed by atoms with Crippen molar-refractivity contribution in [3.8, 4) is 0 Å². The van der Waals surface area contributed by atoms with E-state index < -0.39 is 17.0 Å². The van der Waals surface area contributed by atoms with Crippen LogP contribution in [-0.2, 0) is 14.9 Å². The lowest BCUT2D eigenvalue weighted by molar-refractivity contribution is -0.120. The quantitative estimate of drug-likeness (QED) is 0.727. The zero-order valence-electron chi connectivity index (χ0n) is 8.35. The summed E-state index contributed by atoms with van der Waals surface area (Å²) in [4.78, 5) is 11.8. The van der Waals surface area contributed by atoms with Gasteiger partial charge in [-0.1, -0.05) is 0 Å².